The van der Waals surface area contributed by atoms with Gasteiger partial charge in [-0.25, -0.2) is 0 Å². The van der Waals surface area contributed by atoms with Crippen LogP contribution >= 0.6 is 8.81 Å². The van der Waals surface area contributed by atoms with Crippen molar-refractivity contribution in [2.45, 2.75) is 5.91 Å². The molecule has 5 heteroatoms. The SMILES string of the molecule is CN(C)C(POCC=N)N(C)C. The summed E-state index contributed by atoms with van der Waals surface area (Å²) < 4.78 is 5.27. The maximum absolute atomic E-state index is 6.79. The average Bonchev–Trinajstić information content (AvgIpc) is 1.96. The van der Waals surface area contributed by atoms with Gasteiger partial charge in [0.15, 0.2) is 0 Å². The van der Waals surface area contributed by atoms with E-state index in [1.54, 1.807) is 0 Å². The van der Waals surface area contributed by atoms with Crippen molar-refractivity contribution >= 4 is 15.0 Å². The van der Waals surface area contributed by atoms with Crippen LogP contribution in [0.3, 0.4) is 0 Å². The molecule has 0 rings (SSSR count). The van der Waals surface area contributed by atoms with E-state index in [1.165, 1.54) is 6.21 Å². The van der Waals surface area contributed by atoms with Crippen molar-refractivity contribution in [2.24, 2.45) is 0 Å². The lowest BCUT2D eigenvalue weighted by atomic mass is 10.8. The molecule has 0 aliphatic carbocycles. The van der Waals surface area contributed by atoms with Gasteiger partial charge in [-0.2, -0.15) is 0 Å². The van der Waals surface area contributed by atoms with Crippen LogP contribution in [0.4, 0.5) is 0 Å². The Balaban J connectivity index is 3.71. The summed E-state index contributed by atoms with van der Waals surface area (Å²) in [5.74, 6) is 0.310. The maximum Gasteiger partial charge on any atom is 0.104 e. The Bertz CT molecular complexity index is 122. The van der Waals surface area contributed by atoms with E-state index in [0.29, 0.717) is 21.3 Å². The second kappa shape index (κ2) is 6.49. The highest BCUT2D eigenvalue weighted by Gasteiger charge is 2.13. The molecule has 0 bridgehead atoms. The molecule has 1 unspecified atom stereocenters. The standard InChI is InChI=1S/C7H18N3OP/c1-9(2)7(10(3)4)12-11-6-5-8/h5,7-8,12H,6H2,1-4H3. The third-order valence-electron chi connectivity index (χ3n) is 1.33. The molecule has 0 aliphatic rings. The molecule has 0 saturated heterocycles. The minimum Gasteiger partial charge on any atom is -0.354 e. The van der Waals surface area contributed by atoms with Gasteiger partial charge in [-0.15, -0.1) is 0 Å². The van der Waals surface area contributed by atoms with Crippen LogP contribution in [-0.4, -0.2) is 56.7 Å². The Hall–Kier alpha value is -0.0200. The zero-order valence-corrected chi connectivity index (χ0v) is 9.16. The molecule has 0 heterocycles. The molecular formula is C7H18N3OP. The molecule has 0 aromatic carbocycles. The van der Waals surface area contributed by atoms with E-state index in [-0.39, 0.29) is 0 Å². The number of rotatable bonds is 6. The van der Waals surface area contributed by atoms with Crippen LogP contribution < -0.4 is 0 Å². The predicted octanol–water partition coefficient (Wildman–Crippen LogP) is 0.653. The summed E-state index contributed by atoms with van der Waals surface area (Å²) in [5, 5.41) is 6.79. The van der Waals surface area contributed by atoms with Crippen molar-refractivity contribution in [3.05, 3.63) is 0 Å². The summed E-state index contributed by atoms with van der Waals surface area (Å²) in [6.45, 7) is 0.413. The smallest absolute Gasteiger partial charge is 0.104 e. The van der Waals surface area contributed by atoms with Crippen LogP contribution in [0.1, 0.15) is 0 Å². The van der Waals surface area contributed by atoms with Gasteiger partial charge < -0.3 is 9.93 Å². The Kier molecular flexibility index (Phi) is 6.48. The normalized spacial score (nSPS) is 12.6. The molecule has 1 N–H and O–H groups in total. The Morgan fingerprint density at radius 3 is 2.17 bits per heavy atom. The molecular weight excluding hydrogens is 173 g/mol. The summed E-state index contributed by atoms with van der Waals surface area (Å²) in [6.07, 6.45) is 1.27. The highest BCUT2D eigenvalue weighted by molar-refractivity contribution is 7.33. The molecule has 0 amide bonds. The van der Waals surface area contributed by atoms with E-state index in [2.05, 4.69) is 9.80 Å². The van der Waals surface area contributed by atoms with Gasteiger partial charge in [-0.05, 0) is 28.2 Å². The van der Waals surface area contributed by atoms with Crippen molar-refractivity contribution < 1.29 is 4.52 Å². The monoisotopic (exact) mass is 191 g/mol. The summed E-state index contributed by atoms with van der Waals surface area (Å²) in [7, 11) is 8.47. The van der Waals surface area contributed by atoms with E-state index in [9.17, 15) is 0 Å². The van der Waals surface area contributed by atoms with Crippen LogP contribution in [0.25, 0.3) is 0 Å². The van der Waals surface area contributed by atoms with Gasteiger partial charge in [0.05, 0.1) is 6.61 Å². The summed E-state index contributed by atoms with van der Waals surface area (Å²) in [6, 6.07) is 0. The van der Waals surface area contributed by atoms with Crippen LogP contribution in [-0.2, 0) is 4.52 Å². The minimum atomic E-state index is 0.310. The van der Waals surface area contributed by atoms with Gasteiger partial charge in [-0.1, -0.05) is 0 Å². The lowest BCUT2D eigenvalue weighted by molar-refractivity contribution is 0.195. The van der Waals surface area contributed by atoms with Gasteiger partial charge in [0.2, 0.25) is 0 Å². The Morgan fingerprint density at radius 1 is 1.33 bits per heavy atom. The molecule has 0 spiro atoms. The van der Waals surface area contributed by atoms with Crippen LogP contribution in [0.5, 0.6) is 0 Å². The number of nitrogens with one attached hydrogen (secondary N) is 1. The van der Waals surface area contributed by atoms with Crippen molar-refractivity contribution in [2.75, 3.05) is 34.8 Å². The fourth-order valence-electron chi connectivity index (χ4n) is 0.837. The second-order valence-corrected chi connectivity index (χ2v) is 3.97. The third kappa shape index (κ3) is 4.78. The van der Waals surface area contributed by atoms with Crippen LogP contribution in [0.15, 0.2) is 0 Å². The summed E-state index contributed by atoms with van der Waals surface area (Å²) in [4.78, 5) is 4.20. The van der Waals surface area contributed by atoms with Gasteiger partial charge in [0.1, 0.15) is 5.91 Å². The number of hydrogen-bond acceptors (Lipinski definition) is 4. The van der Waals surface area contributed by atoms with Crippen molar-refractivity contribution in [1.82, 2.24) is 9.80 Å². The Morgan fingerprint density at radius 2 is 1.83 bits per heavy atom. The Labute approximate surface area is 76.2 Å². The lowest BCUT2D eigenvalue weighted by Crippen LogP contribution is -2.36. The topological polar surface area (TPSA) is 39.6 Å². The molecule has 12 heavy (non-hydrogen) atoms. The third-order valence-corrected chi connectivity index (χ3v) is 2.91. The first kappa shape index (κ1) is 12.0. The maximum atomic E-state index is 6.79. The first-order valence-corrected chi connectivity index (χ1v) is 4.77. The van der Waals surface area contributed by atoms with Crippen LogP contribution in [0.2, 0.25) is 0 Å². The first-order chi connectivity index (χ1) is 5.59. The highest BCUT2D eigenvalue weighted by atomic mass is 31.1. The molecule has 0 aromatic heterocycles. The van der Waals surface area contributed by atoms with Crippen molar-refractivity contribution in [3.8, 4) is 0 Å². The van der Waals surface area contributed by atoms with Crippen molar-refractivity contribution in [1.29, 1.82) is 5.41 Å². The van der Waals surface area contributed by atoms with Gasteiger partial charge in [-0.3, -0.25) is 9.80 Å². The molecule has 4 nitrogen and oxygen atoms in total. The molecule has 0 radical (unpaired) electrons. The average molecular weight is 191 g/mol. The van der Waals surface area contributed by atoms with E-state index < -0.39 is 0 Å². The predicted molar refractivity (Wildman–Crippen MR) is 54.2 cm³/mol. The fraction of sp³-hybridized carbons (Fsp3) is 0.857. The molecule has 1 atom stereocenters. The summed E-state index contributed by atoms with van der Waals surface area (Å²) in [5.41, 5.74) is 0. The fourth-order valence-corrected chi connectivity index (χ4v) is 1.59. The zero-order chi connectivity index (χ0) is 9.56. The second-order valence-electron chi connectivity index (χ2n) is 2.93. The van der Waals surface area contributed by atoms with E-state index in [4.69, 9.17) is 9.93 Å². The van der Waals surface area contributed by atoms with Gasteiger partial charge >= 0.3 is 0 Å². The van der Waals surface area contributed by atoms with Crippen molar-refractivity contribution in [3.63, 3.8) is 0 Å². The quantitative estimate of drug-likeness (QED) is 0.290. The van der Waals surface area contributed by atoms with E-state index >= 15 is 0 Å². The first-order valence-electron chi connectivity index (χ1n) is 3.78. The molecule has 0 aliphatic heterocycles. The zero-order valence-electron chi connectivity index (χ0n) is 8.16. The minimum absolute atomic E-state index is 0.310. The van der Waals surface area contributed by atoms with Crippen LogP contribution in [0, 0.1) is 5.41 Å². The summed E-state index contributed by atoms with van der Waals surface area (Å²) >= 11 is 0. The lowest BCUT2D eigenvalue weighted by Gasteiger charge is -2.29. The van der Waals surface area contributed by atoms with Gasteiger partial charge in [0, 0.05) is 15.0 Å². The molecule has 0 fully saturated rings. The largest absolute Gasteiger partial charge is 0.354 e. The van der Waals surface area contributed by atoms with E-state index in [0.717, 1.165) is 0 Å². The molecule has 72 valence electrons. The molecule has 0 saturated carbocycles. The molecule has 0 aromatic rings. The van der Waals surface area contributed by atoms with E-state index in [1.807, 2.05) is 28.2 Å². The highest BCUT2D eigenvalue weighted by Crippen LogP contribution is 2.22. The number of nitrogens with zero attached hydrogens (tertiary/aromatic N) is 2. The van der Waals surface area contributed by atoms with Gasteiger partial charge in [0.25, 0.3) is 0 Å². The number of hydrogen-bond donors (Lipinski definition) is 1.